The normalized spacial score (nSPS) is 13.2. The Hall–Kier alpha value is -0.570. The first-order chi connectivity index (χ1) is 11.8. The Morgan fingerprint density at radius 3 is 1.68 bits per heavy atom. The first-order valence-electron chi connectivity index (χ1n) is 10.8. The van der Waals surface area contributed by atoms with E-state index in [9.17, 15) is 4.79 Å². The Labute approximate surface area is 158 Å². The van der Waals surface area contributed by atoms with E-state index >= 15 is 0 Å². The van der Waals surface area contributed by atoms with Gasteiger partial charge in [0.2, 0.25) is 0 Å². The summed E-state index contributed by atoms with van der Waals surface area (Å²) in [6.07, 6.45) is 16.4. The second-order valence-electron chi connectivity index (χ2n) is 8.12. The molecule has 3 heteroatoms. The Bertz CT molecular complexity index is 282. The second kappa shape index (κ2) is 18.2. The smallest absolute Gasteiger partial charge is 0.309 e. The predicted octanol–water partition coefficient (Wildman–Crippen LogP) is 6.79. The average Bonchev–Trinajstić information content (AvgIpc) is 2.58. The summed E-state index contributed by atoms with van der Waals surface area (Å²) in [6.45, 7) is 11.2. The largest absolute Gasteiger partial charge is 0.481 e. The molecule has 0 bridgehead atoms. The summed E-state index contributed by atoms with van der Waals surface area (Å²) in [5.41, 5.74) is 4.91. The highest BCUT2D eigenvalue weighted by Gasteiger charge is 2.30. The monoisotopic (exact) mass is 357 g/mol. The van der Waals surface area contributed by atoms with Gasteiger partial charge in [-0.3, -0.25) is 4.79 Å². The highest BCUT2D eigenvalue weighted by molar-refractivity contribution is 5.73. The van der Waals surface area contributed by atoms with Gasteiger partial charge in [-0.15, -0.1) is 0 Å². The number of rotatable bonds is 15. The molecule has 152 valence electrons. The van der Waals surface area contributed by atoms with Crippen molar-refractivity contribution in [2.45, 2.75) is 118 Å². The lowest BCUT2D eigenvalue weighted by atomic mass is 9.81. The van der Waals surface area contributed by atoms with E-state index in [1.165, 1.54) is 64.2 Å². The molecule has 0 aromatic heterocycles. The van der Waals surface area contributed by atoms with Gasteiger partial charge in [0.15, 0.2) is 0 Å². The first kappa shape index (κ1) is 26.7. The van der Waals surface area contributed by atoms with Crippen LogP contribution in [-0.4, -0.2) is 17.6 Å². The lowest BCUT2D eigenvalue weighted by Crippen LogP contribution is -2.26. The second-order valence-corrected chi connectivity index (χ2v) is 8.12. The molecule has 0 radical (unpaired) electrons. The van der Waals surface area contributed by atoms with E-state index < -0.39 is 11.4 Å². The first-order valence-corrected chi connectivity index (χ1v) is 10.8. The highest BCUT2D eigenvalue weighted by atomic mass is 16.4. The fourth-order valence-electron chi connectivity index (χ4n) is 2.67. The SMILES string of the molecule is CCC(C)(CCC(C)C)C(=O)O.CCCCCCCCCCCCN. The van der Waals surface area contributed by atoms with Crippen molar-refractivity contribution in [1.29, 1.82) is 0 Å². The summed E-state index contributed by atoms with van der Waals surface area (Å²) in [5.74, 6) is -0.0686. The molecule has 0 heterocycles. The number of hydrogen-bond acceptors (Lipinski definition) is 2. The van der Waals surface area contributed by atoms with Gasteiger partial charge in [0.25, 0.3) is 0 Å². The van der Waals surface area contributed by atoms with Crippen molar-refractivity contribution in [3.63, 3.8) is 0 Å². The quantitative estimate of drug-likeness (QED) is 0.317. The molecule has 0 aromatic rings. The van der Waals surface area contributed by atoms with E-state index in [1.807, 2.05) is 13.8 Å². The topological polar surface area (TPSA) is 63.3 Å². The van der Waals surface area contributed by atoms with Gasteiger partial charge in [-0.2, -0.15) is 0 Å². The van der Waals surface area contributed by atoms with Crippen molar-refractivity contribution < 1.29 is 9.90 Å². The molecule has 0 aromatic carbocycles. The predicted molar refractivity (Wildman–Crippen MR) is 111 cm³/mol. The molecule has 0 fully saturated rings. The Balaban J connectivity index is 0. The van der Waals surface area contributed by atoms with E-state index in [2.05, 4.69) is 20.8 Å². The third-order valence-electron chi connectivity index (χ3n) is 5.13. The van der Waals surface area contributed by atoms with Crippen molar-refractivity contribution in [3.05, 3.63) is 0 Å². The minimum atomic E-state index is -0.661. The average molecular weight is 358 g/mol. The molecule has 25 heavy (non-hydrogen) atoms. The van der Waals surface area contributed by atoms with Gasteiger partial charge in [-0.25, -0.2) is 0 Å². The number of carbonyl (C=O) groups is 1. The summed E-state index contributed by atoms with van der Waals surface area (Å²) >= 11 is 0. The number of nitrogens with two attached hydrogens (primary N) is 1. The van der Waals surface area contributed by atoms with Gasteiger partial charge >= 0.3 is 5.97 Å². The molecular weight excluding hydrogens is 310 g/mol. The molecule has 0 amide bonds. The van der Waals surface area contributed by atoms with Gasteiger partial charge in [0.1, 0.15) is 0 Å². The Kier molecular flexibility index (Phi) is 19.4. The van der Waals surface area contributed by atoms with Crippen LogP contribution >= 0.6 is 0 Å². The molecule has 3 nitrogen and oxygen atoms in total. The van der Waals surface area contributed by atoms with Crippen molar-refractivity contribution in [3.8, 4) is 0 Å². The van der Waals surface area contributed by atoms with Crippen LogP contribution in [0.5, 0.6) is 0 Å². The molecule has 0 rings (SSSR count). The van der Waals surface area contributed by atoms with Gasteiger partial charge in [0.05, 0.1) is 5.41 Å². The zero-order valence-corrected chi connectivity index (χ0v) is 17.9. The Morgan fingerprint density at radius 2 is 1.36 bits per heavy atom. The zero-order chi connectivity index (χ0) is 19.6. The van der Waals surface area contributed by atoms with Crippen LogP contribution in [0.15, 0.2) is 0 Å². The number of carboxylic acids is 1. The summed E-state index contributed by atoms with van der Waals surface area (Å²) in [5, 5.41) is 8.95. The van der Waals surface area contributed by atoms with Crippen molar-refractivity contribution in [2.75, 3.05) is 6.54 Å². The van der Waals surface area contributed by atoms with Crippen LogP contribution in [0.4, 0.5) is 0 Å². The van der Waals surface area contributed by atoms with E-state index in [0.29, 0.717) is 5.92 Å². The fraction of sp³-hybridized carbons (Fsp3) is 0.955. The third kappa shape index (κ3) is 18.0. The summed E-state index contributed by atoms with van der Waals surface area (Å²) in [4.78, 5) is 10.9. The van der Waals surface area contributed by atoms with E-state index in [1.54, 1.807) is 0 Å². The highest BCUT2D eigenvalue weighted by Crippen LogP contribution is 2.29. The Morgan fingerprint density at radius 1 is 0.920 bits per heavy atom. The maximum Gasteiger partial charge on any atom is 0.309 e. The van der Waals surface area contributed by atoms with Gasteiger partial charge in [-0.05, 0) is 45.1 Å². The number of aliphatic carboxylic acids is 1. The van der Waals surface area contributed by atoms with E-state index in [0.717, 1.165) is 25.8 Å². The van der Waals surface area contributed by atoms with Crippen LogP contribution in [0.1, 0.15) is 118 Å². The molecular formula is C22H47NO2. The van der Waals surface area contributed by atoms with E-state index in [4.69, 9.17) is 10.8 Å². The van der Waals surface area contributed by atoms with Crippen LogP contribution in [0.25, 0.3) is 0 Å². The van der Waals surface area contributed by atoms with E-state index in [-0.39, 0.29) is 0 Å². The summed E-state index contributed by atoms with van der Waals surface area (Å²) in [7, 11) is 0. The lowest BCUT2D eigenvalue weighted by Gasteiger charge is -2.23. The molecule has 0 spiro atoms. The van der Waals surface area contributed by atoms with Crippen LogP contribution < -0.4 is 5.73 Å². The molecule has 3 N–H and O–H groups in total. The van der Waals surface area contributed by atoms with Crippen LogP contribution in [0, 0.1) is 11.3 Å². The molecule has 0 saturated carbocycles. The molecule has 0 aliphatic carbocycles. The van der Waals surface area contributed by atoms with Crippen molar-refractivity contribution >= 4 is 5.97 Å². The standard InChI is InChI=1S/C12H27N.C10H20O2/c1-2-3-4-5-6-7-8-9-10-11-12-13;1-5-10(4,9(11)12)7-6-8(2)3/h2-13H2,1H3;8H,5-7H2,1-4H3,(H,11,12). The van der Waals surface area contributed by atoms with Crippen LogP contribution in [0.3, 0.4) is 0 Å². The van der Waals surface area contributed by atoms with Crippen molar-refractivity contribution in [2.24, 2.45) is 17.1 Å². The number of carboxylic acid groups (broad SMARTS) is 1. The maximum absolute atomic E-state index is 10.9. The lowest BCUT2D eigenvalue weighted by molar-refractivity contribution is -0.148. The molecule has 0 saturated heterocycles. The maximum atomic E-state index is 10.9. The van der Waals surface area contributed by atoms with Gasteiger partial charge < -0.3 is 10.8 Å². The van der Waals surface area contributed by atoms with Gasteiger partial charge in [0, 0.05) is 0 Å². The molecule has 1 atom stereocenters. The number of hydrogen-bond donors (Lipinski definition) is 2. The summed E-state index contributed by atoms with van der Waals surface area (Å²) < 4.78 is 0. The van der Waals surface area contributed by atoms with Crippen molar-refractivity contribution in [1.82, 2.24) is 0 Å². The molecule has 0 aliphatic rings. The third-order valence-corrected chi connectivity index (χ3v) is 5.13. The summed E-state index contributed by atoms with van der Waals surface area (Å²) in [6, 6.07) is 0. The zero-order valence-electron chi connectivity index (χ0n) is 17.9. The molecule has 1 unspecified atom stereocenters. The molecule has 0 aliphatic heterocycles. The van der Waals surface area contributed by atoms with Crippen LogP contribution in [-0.2, 0) is 4.79 Å². The minimum Gasteiger partial charge on any atom is -0.481 e. The number of unbranched alkanes of at least 4 members (excludes halogenated alkanes) is 9. The minimum absolute atomic E-state index is 0.510. The van der Waals surface area contributed by atoms with Gasteiger partial charge in [-0.1, -0.05) is 85.5 Å². The van der Waals surface area contributed by atoms with Crippen LogP contribution in [0.2, 0.25) is 0 Å². The fourth-order valence-corrected chi connectivity index (χ4v) is 2.67.